The van der Waals surface area contributed by atoms with Gasteiger partial charge in [0.15, 0.2) is 11.6 Å². The number of sulfone groups is 1. The molecule has 1 aromatic carbocycles. The van der Waals surface area contributed by atoms with Crippen molar-refractivity contribution in [3.8, 4) is 5.75 Å². The summed E-state index contributed by atoms with van der Waals surface area (Å²) < 4.78 is 59.1. The number of rotatable bonds is 5. The third kappa shape index (κ3) is 4.80. The zero-order valence-electron chi connectivity index (χ0n) is 21.8. The number of hydrogen-bond acceptors (Lipinski definition) is 9. The van der Waals surface area contributed by atoms with Crippen molar-refractivity contribution in [1.29, 1.82) is 0 Å². The molecule has 9 nitrogen and oxygen atoms in total. The van der Waals surface area contributed by atoms with Crippen molar-refractivity contribution >= 4 is 49.6 Å². The Kier molecular flexibility index (Phi) is 6.38. The maximum atomic E-state index is 14.7. The Bertz CT molecular complexity index is 1810. The third-order valence-corrected chi connectivity index (χ3v) is 10.6. The molecule has 0 bridgehead atoms. The number of anilines is 2. The zero-order valence-corrected chi connectivity index (χ0v) is 23.4. The highest BCUT2D eigenvalue weighted by atomic mass is 32.2. The summed E-state index contributed by atoms with van der Waals surface area (Å²) in [5.41, 5.74) is -1.30. The largest absolute Gasteiger partial charge is 0.489 e. The molecule has 7 rings (SSSR count). The highest BCUT2D eigenvalue weighted by Crippen LogP contribution is 2.46. The smallest absolute Gasteiger partial charge is 0.251 e. The summed E-state index contributed by atoms with van der Waals surface area (Å²) in [4.78, 5) is 29.9. The van der Waals surface area contributed by atoms with Crippen molar-refractivity contribution < 1.29 is 26.7 Å². The SMILES string of the molecule is O=C(NCc1cc2nc(N3CCCc4sc(C5CC5)nc43)ccc2cn1)c1cc(F)c2c(c1)S(=O)(=O)[C@@H](F)CCO2. The van der Waals surface area contributed by atoms with E-state index in [4.69, 9.17) is 14.7 Å². The Labute approximate surface area is 238 Å². The van der Waals surface area contributed by atoms with Crippen LogP contribution in [0.2, 0.25) is 0 Å². The highest BCUT2D eigenvalue weighted by Gasteiger charge is 2.36. The van der Waals surface area contributed by atoms with Gasteiger partial charge in [-0.15, -0.1) is 11.3 Å². The van der Waals surface area contributed by atoms with Gasteiger partial charge in [0, 0.05) is 40.9 Å². The number of carbonyl (C=O) groups is 1. The molecule has 2 aliphatic heterocycles. The second-order valence-corrected chi connectivity index (χ2v) is 13.6. The molecule has 0 radical (unpaired) electrons. The van der Waals surface area contributed by atoms with Crippen LogP contribution >= 0.6 is 11.3 Å². The molecule has 1 amide bonds. The number of carbonyl (C=O) groups excluding carboxylic acids is 1. The molecule has 5 heterocycles. The Morgan fingerprint density at radius 1 is 1.17 bits per heavy atom. The number of ether oxygens (including phenoxy) is 1. The second kappa shape index (κ2) is 9.98. The topological polar surface area (TPSA) is 114 Å². The van der Waals surface area contributed by atoms with E-state index in [9.17, 15) is 22.0 Å². The summed E-state index contributed by atoms with van der Waals surface area (Å²) >= 11 is 1.81. The summed E-state index contributed by atoms with van der Waals surface area (Å²) in [7, 11) is -4.50. The average Bonchev–Trinajstić information content (AvgIpc) is 3.74. The maximum absolute atomic E-state index is 14.7. The molecule has 1 saturated carbocycles. The molecule has 1 atom stereocenters. The summed E-state index contributed by atoms with van der Waals surface area (Å²) in [5.74, 6) is 0.0407. The van der Waals surface area contributed by atoms with E-state index in [1.54, 1.807) is 12.3 Å². The molecule has 0 spiro atoms. The normalized spacial score (nSPS) is 19.7. The molecule has 3 aliphatic rings. The van der Waals surface area contributed by atoms with Crippen LogP contribution in [0.1, 0.15) is 57.5 Å². The predicted molar refractivity (Wildman–Crippen MR) is 149 cm³/mol. The van der Waals surface area contributed by atoms with Gasteiger partial charge in [-0.05, 0) is 56.0 Å². The van der Waals surface area contributed by atoms with Crippen LogP contribution in [0.4, 0.5) is 20.4 Å². The average molecular weight is 598 g/mol. The fourth-order valence-electron chi connectivity index (χ4n) is 5.13. The number of nitrogens with zero attached hydrogens (tertiary/aromatic N) is 4. The molecule has 13 heteroatoms. The number of halogens is 2. The summed E-state index contributed by atoms with van der Waals surface area (Å²) in [6.45, 7) is 0.525. The lowest BCUT2D eigenvalue weighted by molar-refractivity contribution is 0.0949. The van der Waals surface area contributed by atoms with Crippen molar-refractivity contribution in [3.63, 3.8) is 0 Å². The first kappa shape index (κ1) is 26.2. The summed E-state index contributed by atoms with van der Waals surface area (Å²) in [5, 5.41) is 4.68. The number of aryl methyl sites for hydroxylation is 1. The minimum absolute atomic E-state index is 0.0148. The first-order valence-electron chi connectivity index (χ1n) is 13.4. The van der Waals surface area contributed by atoms with Gasteiger partial charge in [0.1, 0.15) is 16.5 Å². The first-order valence-corrected chi connectivity index (χ1v) is 15.8. The van der Waals surface area contributed by atoms with E-state index < -0.39 is 44.1 Å². The third-order valence-electron chi connectivity index (χ3n) is 7.49. The standard InChI is InChI=1S/C28H25F2N5O4S2/c29-19-10-17(11-22-25(19)39-9-7-23(30)41(22,37)38)27(36)32-14-18-12-20-16(13-31-18)5-6-24(33-20)35-8-1-2-21-26(35)34-28(40-21)15-3-4-15/h5-6,10-13,15,23H,1-4,7-9,14H2,(H,32,36)/t23-/m1/s1. The minimum atomic E-state index is -4.50. The highest BCUT2D eigenvalue weighted by molar-refractivity contribution is 7.92. The lowest BCUT2D eigenvalue weighted by atomic mass is 10.1. The van der Waals surface area contributed by atoms with E-state index in [0.29, 0.717) is 17.1 Å². The molecule has 3 aromatic heterocycles. The lowest BCUT2D eigenvalue weighted by Gasteiger charge is -2.26. The van der Waals surface area contributed by atoms with Crippen molar-refractivity contribution in [2.75, 3.05) is 18.1 Å². The molecule has 1 fully saturated rings. The number of alkyl halides is 1. The molecule has 41 heavy (non-hydrogen) atoms. The van der Waals surface area contributed by atoms with Crippen LogP contribution in [-0.4, -0.2) is 47.9 Å². The maximum Gasteiger partial charge on any atom is 0.251 e. The Hall–Kier alpha value is -3.71. The van der Waals surface area contributed by atoms with Crippen LogP contribution in [0.3, 0.4) is 0 Å². The van der Waals surface area contributed by atoms with Gasteiger partial charge in [-0.2, -0.15) is 0 Å². The zero-order chi connectivity index (χ0) is 28.3. The number of pyridine rings is 2. The number of benzene rings is 1. The van der Waals surface area contributed by atoms with Gasteiger partial charge in [0.25, 0.3) is 5.91 Å². The van der Waals surface area contributed by atoms with Crippen LogP contribution in [0.15, 0.2) is 41.4 Å². The van der Waals surface area contributed by atoms with Gasteiger partial charge < -0.3 is 15.0 Å². The number of hydrogen-bond donors (Lipinski definition) is 1. The second-order valence-electron chi connectivity index (χ2n) is 10.4. The van der Waals surface area contributed by atoms with Gasteiger partial charge in [-0.25, -0.2) is 27.2 Å². The fraction of sp³-hybridized carbons (Fsp3) is 0.357. The van der Waals surface area contributed by atoms with Gasteiger partial charge in [0.2, 0.25) is 15.3 Å². The summed E-state index contributed by atoms with van der Waals surface area (Å²) in [6, 6.07) is 7.51. The van der Waals surface area contributed by atoms with Gasteiger partial charge in [-0.3, -0.25) is 9.78 Å². The number of thiazole rings is 1. The number of aromatic nitrogens is 3. The molecule has 0 saturated heterocycles. The Morgan fingerprint density at radius 3 is 2.85 bits per heavy atom. The van der Waals surface area contributed by atoms with E-state index >= 15 is 0 Å². The van der Waals surface area contributed by atoms with Gasteiger partial charge in [0.05, 0.1) is 29.4 Å². The molecular weight excluding hydrogens is 572 g/mol. The molecular formula is C28H25F2N5O4S2. The summed E-state index contributed by atoms with van der Waals surface area (Å²) in [6.07, 6.45) is 5.70. The van der Waals surface area contributed by atoms with Gasteiger partial charge >= 0.3 is 0 Å². The predicted octanol–water partition coefficient (Wildman–Crippen LogP) is 4.97. The van der Waals surface area contributed by atoms with Crippen LogP contribution < -0.4 is 15.0 Å². The van der Waals surface area contributed by atoms with Crippen LogP contribution in [0.5, 0.6) is 5.75 Å². The molecule has 0 unspecified atom stereocenters. The first-order chi connectivity index (χ1) is 19.8. The molecule has 1 aliphatic carbocycles. The van der Waals surface area contributed by atoms with Gasteiger partial charge in [-0.1, -0.05) is 0 Å². The van der Waals surface area contributed by atoms with Crippen molar-refractivity contribution in [2.24, 2.45) is 0 Å². The van der Waals surface area contributed by atoms with E-state index in [2.05, 4.69) is 15.2 Å². The van der Waals surface area contributed by atoms with Crippen molar-refractivity contribution in [1.82, 2.24) is 20.3 Å². The fourth-order valence-corrected chi connectivity index (χ4v) is 7.80. The van der Waals surface area contributed by atoms with Crippen LogP contribution in [-0.2, 0) is 22.8 Å². The van der Waals surface area contributed by atoms with Crippen LogP contribution in [0.25, 0.3) is 10.9 Å². The molecule has 4 aromatic rings. The monoisotopic (exact) mass is 597 g/mol. The lowest BCUT2D eigenvalue weighted by Crippen LogP contribution is -2.25. The molecule has 212 valence electrons. The number of amides is 1. The van der Waals surface area contributed by atoms with E-state index in [-0.39, 0.29) is 18.7 Å². The van der Waals surface area contributed by atoms with E-state index in [1.807, 2.05) is 23.5 Å². The number of fused-ring (bicyclic) bond motifs is 3. The van der Waals surface area contributed by atoms with Crippen molar-refractivity contribution in [2.45, 2.75) is 55.0 Å². The minimum Gasteiger partial charge on any atom is -0.489 e. The van der Waals surface area contributed by atoms with Crippen molar-refractivity contribution in [3.05, 3.63) is 63.5 Å². The number of nitrogens with one attached hydrogen (secondary N) is 1. The Balaban J connectivity index is 1.12. The van der Waals surface area contributed by atoms with E-state index in [1.165, 1.54) is 22.7 Å². The molecule has 1 N–H and O–H groups in total. The Morgan fingerprint density at radius 2 is 2.02 bits per heavy atom. The van der Waals surface area contributed by atoms with E-state index in [0.717, 1.165) is 48.5 Å². The quantitative estimate of drug-likeness (QED) is 0.343. The van der Waals surface area contributed by atoms with Crippen LogP contribution in [0, 0.1) is 5.82 Å².